The first-order valence-electron chi connectivity index (χ1n) is 10.2. The van der Waals surface area contributed by atoms with E-state index in [-0.39, 0.29) is 5.91 Å². The summed E-state index contributed by atoms with van der Waals surface area (Å²) >= 11 is 0. The van der Waals surface area contributed by atoms with Crippen LogP contribution in [0.3, 0.4) is 0 Å². The van der Waals surface area contributed by atoms with Crippen LogP contribution in [-0.2, 0) is 11.2 Å². The van der Waals surface area contributed by atoms with Gasteiger partial charge in [0.1, 0.15) is 0 Å². The first-order valence-corrected chi connectivity index (χ1v) is 10.2. The lowest BCUT2D eigenvalue weighted by molar-refractivity contribution is -0.121. The van der Waals surface area contributed by atoms with E-state index in [1.807, 2.05) is 24.3 Å². The van der Waals surface area contributed by atoms with Gasteiger partial charge < -0.3 is 15.1 Å². The molecule has 0 spiro atoms. The average molecular weight is 370 g/mol. The smallest absolute Gasteiger partial charge is 0.220 e. The molecule has 2 N–H and O–H groups in total. The average Bonchev–Trinajstić information content (AvgIpc) is 3.00. The standard InChI is InChI=1S/C22H31N3O2/c1-17-8-10-18(11-9-17)20-16-25-22(27-20)13-12-21(26)24-15-14-23-19-6-4-2-3-5-7-19/h8-11,16,19,23H,2-7,12-15H2,1H3,(H,24,26). The van der Waals surface area contributed by atoms with Crippen LogP contribution in [0.4, 0.5) is 0 Å². The van der Waals surface area contributed by atoms with Crippen molar-refractivity contribution in [1.29, 1.82) is 0 Å². The Balaban J connectivity index is 1.34. The number of nitrogens with one attached hydrogen (secondary N) is 2. The minimum Gasteiger partial charge on any atom is -0.441 e. The van der Waals surface area contributed by atoms with Crippen molar-refractivity contribution in [3.8, 4) is 11.3 Å². The van der Waals surface area contributed by atoms with Gasteiger partial charge >= 0.3 is 0 Å². The topological polar surface area (TPSA) is 67.2 Å². The molecule has 1 saturated carbocycles. The van der Waals surface area contributed by atoms with E-state index >= 15 is 0 Å². The summed E-state index contributed by atoms with van der Waals surface area (Å²) in [7, 11) is 0. The highest BCUT2D eigenvalue weighted by molar-refractivity contribution is 5.76. The highest BCUT2D eigenvalue weighted by Gasteiger charge is 2.12. The normalized spacial score (nSPS) is 15.4. The zero-order valence-corrected chi connectivity index (χ0v) is 16.3. The molecular weight excluding hydrogens is 338 g/mol. The molecule has 3 rings (SSSR count). The Hall–Kier alpha value is -2.14. The van der Waals surface area contributed by atoms with Crippen LogP contribution in [0, 0.1) is 6.92 Å². The summed E-state index contributed by atoms with van der Waals surface area (Å²) in [5.41, 5.74) is 2.22. The van der Waals surface area contributed by atoms with Crippen LogP contribution in [0.15, 0.2) is 34.9 Å². The van der Waals surface area contributed by atoms with Gasteiger partial charge in [-0.1, -0.05) is 55.5 Å². The van der Waals surface area contributed by atoms with Crippen LogP contribution in [0.2, 0.25) is 0 Å². The predicted molar refractivity (Wildman–Crippen MR) is 107 cm³/mol. The van der Waals surface area contributed by atoms with Gasteiger partial charge in [-0.15, -0.1) is 0 Å². The van der Waals surface area contributed by atoms with Crippen LogP contribution in [0.25, 0.3) is 11.3 Å². The maximum Gasteiger partial charge on any atom is 0.220 e. The van der Waals surface area contributed by atoms with Crippen LogP contribution < -0.4 is 10.6 Å². The van der Waals surface area contributed by atoms with Gasteiger partial charge in [0.2, 0.25) is 5.91 Å². The summed E-state index contributed by atoms with van der Waals surface area (Å²) in [4.78, 5) is 16.3. The van der Waals surface area contributed by atoms with Gasteiger partial charge in [0.25, 0.3) is 0 Å². The van der Waals surface area contributed by atoms with Gasteiger partial charge in [0.05, 0.1) is 6.20 Å². The second kappa shape index (κ2) is 10.3. The van der Waals surface area contributed by atoms with Crippen molar-refractivity contribution in [3.05, 3.63) is 41.9 Å². The van der Waals surface area contributed by atoms with Gasteiger partial charge in [-0.2, -0.15) is 0 Å². The van der Waals surface area contributed by atoms with E-state index in [9.17, 15) is 4.79 Å². The zero-order valence-electron chi connectivity index (χ0n) is 16.3. The number of carbonyl (C=O) groups is 1. The Morgan fingerprint density at radius 3 is 2.59 bits per heavy atom. The lowest BCUT2D eigenvalue weighted by Crippen LogP contribution is -2.36. The number of aromatic nitrogens is 1. The molecule has 0 aliphatic heterocycles. The molecule has 5 nitrogen and oxygen atoms in total. The molecular formula is C22H31N3O2. The maximum atomic E-state index is 12.0. The number of hydrogen-bond acceptors (Lipinski definition) is 4. The van der Waals surface area contributed by atoms with Gasteiger partial charge in [-0.05, 0) is 19.8 Å². The van der Waals surface area contributed by atoms with Gasteiger partial charge in [0.15, 0.2) is 11.7 Å². The van der Waals surface area contributed by atoms with E-state index in [1.54, 1.807) is 6.20 Å². The molecule has 1 aromatic heterocycles. The van der Waals surface area contributed by atoms with E-state index in [1.165, 1.54) is 44.1 Å². The Bertz CT molecular complexity index is 701. The molecule has 1 fully saturated rings. The Morgan fingerprint density at radius 1 is 1.11 bits per heavy atom. The molecule has 146 valence electrons. The quantitative estimate of drug-likeness (QED) is 0.545. The Labute approximate surface area is 162 Å². The van der Waals surface area contributed by atoms with Crippen molar-refractivity contribution < 1.29 is 9.21 Å². The summed E-state index contributed by atoms with van der Waals surface area (Å²) in [6.45, 7) is 3.57. The number of rotatable bonds is 8. The monoisotopic (exact) mass is 369 g/mol. The van der Waals surface area contributed by atoms with E-state index in [4.69, 9.17) is 4.42 Å². The van der Waals surface area contributed by atoms with Gasteiger partial charge in [0, 0.05) is 37.5 Å². The van der Waals surface area contributed by atoms with Crippen molar-refractivity contribution >= 4 is 5.91 Å². The molecule has 1 aliphatic rings. The largest absolute Gasteiger partial charge is 0.441 e. The lowest BCUT2D eigenvalue weighted by Gasteiger charge is -2.16. The summed E-state index contributed by atoms with van der Waals surface area (Å²) in [6.07, 6.45) is 10.6. The molecule has 1 amide bonds. The number of aryl methyl sites for hydroxylation is 2. The van der Waals surface area contributed by atoms with Crippen molar-refractivity contribution in [2.45, 2.75) is 64.3 Å². The third-order valence-corrected chi connectivity index (χ3v) is 5.19. The molecule has 1 aromatic carbocycles. The minimum absolute atomic E-state index is 0.0488. The Morgan fingerprint density at radius 2 is 1.85 bits per heavy atom. The number of benzene rings is 1. The predicted octanol–water partition coefficient (Wildman–Crippen LogP) is 4.01. The first-order chi connectivity index (χ1) is 13.2. The molecule has 0 saturated heterocycles. The maximum absolute atomic E-state index is 12.0. The number of hydrogen-bond donors (Lipinski definition) is 2. The summed E-state index contributed by atoms with van der Waals surface area (Å²) in [5, 5.41) is 6.55. The molecule has 2 aromatic rings. The van der Waals surface area contributed by atoms with E-state index in [0.717, 1.165) is 17.9 Å². The van der Waals surface area contributed by atoms with Crippen LogP contribution >= 0.6 is 0 Å². The molecule has 27 heavy (non-hydrogen) atoms. The third kappa shape index (κ3) is 6.51. The fourth-order valence-corrected chi connectivity index (χ4v) is 3.55. The van der Waals surface area contributed by atoms with Crippen molar-refractivity contribution in [3.63, 3.8) is 0 Å². The van der Waals surface area contributed by atoms with Gasteiger partial charge in [-0.3, -0.25) is 4.79 Å². The molecule has 1 aliphatic carbocycles. The van der Waals surface area contributed by atoms with Crippen molar-refractivity contribution in [1.82, 2.24) is 15.6 Å². The van der Waals surface area contributed by atoms with E-state index in [0.29, 0.717) is 31.3 Å². The molecule has 0 atom stereocenters. The third-order valence-electron chi connectivity index (χ3n) is 5.19. The van der Waals surface area contributed by atoms with Crippen LogP contribution in [0.1, 0.15) is 56.4 Å². The zero-order chi connectivity index (χ0) is 18.9. The minimum atomic E-state index is 0.0488. The molecule has 0 radical (unpaired) electrons. The Kier molecular flexibility index (Phi) is 7.45. The van der Waals surface area contributed by atoms with Gasteiger partial charge in [-0.25, -0.2) is 4.98 Å². The lowest BCUT2D eigenvalue weighted by atomic mass is 10.1. The molecule has 0 bridgehead atoms. The van der Waals surface area contributed by atoms with Crippen LogP contribution in [-0.4, -0.2) is 30.0 Å². The summed E-state index contributed by atoms with van der Waals surface area (Å²) in [5.74, 6) is 1.41. The number of oxazole rings is 1. The molecule has 0 unspecified atom stereocenters. The van der Waals surface area contributed by atoms with Crippen molar-refractivity contribution in [2.24, 2.45) is 0 Å². The number of nitrogens with zero attached hydrogens (tertiary/aromatic N) is 1. The highest BCUT2D eigenvalue weighted by atomic mass is 16.4. The van der Waals surface area contributed by atoms with E-state index in [2.05, 4.69) is 22.5 Å². The second-order valence-corrected chi connectivity index (χ2v) is 7.48. The summed E-state index contributed by atoms with van der Waals surface area (Å²) < 4.78 is 5.77. The number of amides is 1. The molecule has 1 heterocycles. The number of carbonyl (C=O) groups excluding carboxylic acids is 1. The van der Waals surface area contributed by atoms with Crippen molar-refractivity contribution in [2.75, 3.05) is 13.1 Å². The molecule has 5 heteroatoms. The highest BCUT2D eigenvalue weighted by Crippen LogP contribution is 2.21. The second-order valence-electron chi connectivity index (χ2n) is 7.48. The first kappa shape index (κ1) is 19.6. The van der Waals surface area contributed by atoms with E-state index < -0.39 is 0 Å². The fraction of sp³-hybridized carbons (Fsp3) is 0.545. The van der Waals surface area contributed by atoms with Crippen LogP contribution in [0.5, 0.6) is 0 Å². The SMILES string of the molecule is Cc1ccc(-c2cnc(CCC(=O)NCCNC3CCCCCC3)o2)cc1. The fourth-order valence-electron chi connectivity index (χ4n) is 3.55. The summed E-state index contributed by atoms with van der Waals surface area (Å²) in [6, 6.07) is 8.76.